The Labute approximate surface area is 525 Å². The molecule has 5 aromatic rings. The van der Waals surface area contributed by atoms with Crippen LogP contribution in [0.25, 0.3) is 0 Å². The molecule has 2 fully saturated rings. The summed E-state index contributed by atoms with van der Waals surface area (Å²) in [4.78, 5) is 95.0. The van der Waals surface area contributed by atoms with Gasteiger partial charge in [0.25, 0.3) is 0 Å². The summed E-state index contributed by atoms with van der Waals surface area (Å²) in [7, 11) is 4.23. The molecule has 2 aromatic heterocycles. The van der Waals surface area contributed by atoms with Gasteiger partial charge in [-0.05, 0) is 107 Å². The predicted molar refractivity (Wildman–Crippen MR) is 325 cm³/mol. The smallest absolute Gasteiger partial charge is 0.337 e. The number of halogens is 2. The second-order valence-corrected chi connectivity index (χ2v) is 23.8. The lowest BCUT2D eigenvalue weighted by Crippen LogP contribution is -2.58. The van der Waals surface area contributed by atoms with E-state index in [0.29, 0.717) is 73.3 Å². The molecule has 0 bridgehead atoms. The lowest BCUT2D eigenvalue weighted by atomic mass is 9.92. The van der Waals surface area contributed by atoms with Crippen LogP contribution in [0.15, 0.2) is 95.2 Å². The van der Waals surface area contributed by atoms with Gasteiger partial charge in [-0.2, -0.15) is 0 Å². The molecule has 2 saturated heterocycles. The maximum atomic E-state index is 14.6. The van der Waals surface area contributed by atoms with Gasteiger partial charge in [0.15, 0.2) is 11.1 Å². The number of carbonyl (C=O) groups is 6. The van der Waals surface area contributed by atoms with Crippen LogP contribution >= 0.6 is 23.2 Å². The van der Waals surface area contributed by atoms with E-state index in [1.54, 1.807) is 95.8 Å². The fourth-order valence-electron chi connectivity index (χ4n) is 11.3. The van der Waals surface area contributed by atoms with Gasteiger partial charge < -0.3 is 59.9 Å². The highest BCUT2D eigenvalue weighted by molar-refractivity contribution is 6.31. The Morgan fingerprint density at radius 1 is 0.640 bits per heavy atom. The highest BCUT2D eigenvalue weighted by Gasteiger charge is 2.51. The normalized spacial score (nSPS) is 21.8. The number of nitrogens with one attached hydrogen (secondary N) is 3. The number of ether oxygens (including phenoxy) is 6. The van der Waals surface area contributed by atoms with Crippen molar-refractivity contribution in [1.29, 1.82) is 0 Å². The largest absolute Gasteiger partial charge is 0.476 e. The predicted octanol–water partition coefficient (Wildman–Crippen LogP) is 3.16. The second kappa shape index (κ2) is 29.2. The molecule has 1 unspecified atom stereocenters. The van der Waals surface area contributed by atoms with Crippen molar-refractivity contribution in [3.05, 3.63) is 129 Å². The van der Waals surface area contributed by atoms with E-state index in [2.05, 4.69) is 36.6 Å². The number of benzene rings is 3. The van der Waals surface area contributed by atoms with Gasteiger partial charge >= 0.3 is 11.9 Å². The molecule has 4 amide bonds. The summed E-state index contributed by atoms with van der Waals surface area (Å²) in [6, 6.07) is 17.1. The molecule has 10 atom stereocenters. The van der Waals surface area contributed by atoms with Gasteiger partial charge in [0, 0.05) is 36.0 Å². The van der Waals surface area contributed by atoms with E-state index >= 15 is 0 Å². The molecule has 89 heavy (non-hydrogen) atoms. The number of esters is 2. The Morgan fingerprint density at radius 3 is 1.46 bits per heavy atom. The van der Waals surface area contributed by atoms with Gasteiger partial charge in [0.2, 0.25) is 35.4 Å². The number of hydrogen-bond acceptors (Lipinski definition) is 20. The van der Waals surface area contributed by atoms with Crippen molar-refractivity contribution in [2.45, 2.75) is 152 Å². The van der Waals surface area contributed by atoms with Crippen LogP contribution in [0.1, 0.15) is 87.0 Å². The van der Waals surface area contributed by atoms with Crippen LogP contribution in [0.3, 0.4) is 0 Å². The molecular weight excluding hydrogens is 1190 g/mol. The third-order valence-electron chi connectivity index (χ3n) is 16.3. The molecule has 6 heterocycles. The zero-order valence-corrected chi connectivity index (χ0v) is 52.3. The van der Waals surface area contributed by atoms with Crippen molar-refractivity contribution in [2.24, 2.45) is 15.7 Å². The fourth-order valence-corrected chi connectivity index (χ4v) is 11.7. The maximum Gasteiger partial charge on any atom is 0.337 e. The first-order valence-corrected chi connectivity index (χ1v) is 30.3. The van der Waals surface area contributed by atoms with Crippen LogP contribution in [-0.4, -0.2) is 194 Å². The van der Waals surface area contributed by atoms with E-state index in [1.807, 2.05) is 36.4 Å². The third-order valence-corrected chi connectivity index (χ3v) is 16.8. The summed E-state index contributed by atoms with van der Waals surface area (Å²) >= 11 is 12.5. The van der Waals surface area contributed by atoms with E-state index in [9.17, 15) is 28.8 Å². The van der Waals surface area contributed by atoms with Gasteiger partial charge in [-0.3, -0.25) is 19.2 Å². The average molecular weight is 1270 g/mol. The minimum Gasteiger partial charge on any atom is -0.476 e. The summed E-state index contributed by atoms with van der Waals surface area (Å²) in [5.41, 5.74) is 7.57. The van der Waals surface area contributed by atoms with Gasteiger partial charge in [0.1, 0.15) is 48.8 Å². The molecule has 0 saturated carbocycles. The SMILES string of the molecule is CN[C@@H](C)C(=O)NC(C(=O)N1CCC[C@H]1C1=N[C@@](Cc2cccc(Cl)c2)(C(=O)OC)CO1)[C@@H](C)OCc1cn(Cc2ccc(Cn3cc(CO[C@H](C)[C@H](NC(=O)[C@H](C)N)C(=O)N4CCC[C@H]4C4=N[C@@](Cc5cccc(Cl)c5)(C(=O)OC)CO4)nn3)cc2)nn1. The molecule has 3 aromatic carbocycles. The standard InChI is InChI=1S/C61H76Cl2N14O12/c1-36(64)52(78)66-50(56(80)76-22-10-16-48(76)54-68-60(34-88-54,58(82)84-6)26-42-12-8-14-44(62)24-42)38(3)86-32-46-30-74(72-70-46)28-40-18-20-41(21-19-40)29-75-31-47(71-73-75)33-87-39(4)51(67-53(79)37(2)65-5)57(81)77-23-11-17-49(77)55-69-61(35-89-55,59(83)85-7)27-43-13-9-15-45(63)25-43/h8-9,12-15,18-21,24-25,30-31,36-39,48-51,65H,10-11,16-17,22-23,26-29,32-35,64H2,1-7H3,(H,66,78)(H,67,79)/t36-,37-,38+,39+,48-,49-,50-,51?,60+,61+/m0/s1. The second-order valence-electron chi connectivity index (χ2n) is 23.0. The first-order valence-electron chi connectivity index (χ1n) is 29.5. The van der Waals surface area contributed by atoms with E-state index < -0.39 is 95.1 Å². The van der Waals surface area contributed by atoms with Crippen molar-refractivity contribution in [3.8, 4) is 0 Å². The maximum absolute atomic E-state index is 14.6. The number of hydrogen-bond donors (Lipinski definition) is 4. The van der Waals surface area contributed by atoms with Crippen molar-refractivity contribution in [2.75, 3.05) is 47.6 Å². The average Bonchev–Trinajstić information content (AvgIpc) is 1.78. The number of nitrogens with two attached hydrogens (primary N) is 1. The summed E-state index contributed by atoms with van der Waals surface area (Å²) in [5.74, 6) is -2.45. The van der Waals surface area contributed by atoms with Crippen LogP contribution in [0.5, 0.6) is 0 Å². The molecule has 0 radical (unpaired) electrons. The first kappa shape index (κ1) is 65.6. The Balaban J connectivity index is 0.783. The number of aliphatic imine (C=N–C) groups is 2. The molecule has 4 aliphatic rings. The molecule has 476 valence electrons. The minimum absolute atomic E-state index is 0.0154. The van der Waals surface area contributed by atoms with Gasteiger partial charge in [-0.15, -0.1) is 10.2 Å². The Morgan fingerprint density at radius 2 is 1.07 bits per heavy atom. The minimum atomic E-state index is -1.39. The van der Waals surface area contributed by atoms with E-state index in [4.69, 9.17) is 67.3 Å². The van der Waals surface area contributed by atoms with Gasteiger partial charge in [-0.25, -0.2) is 28.9 Å². The number of aromatic nitrogens is 6. The van der Waals surface area contributed by atoms with Crippen LogP contribution in [0.4, 0.5) is 0 Å². The zero-order chi connectivity index (χ0) is 63.6. The first-order chi connectivity index (χ1) is 42.7. The topological polar surface area (TPSA) is 313 Å². The third kappa shape index (κ3) is 15.8. The summed E-state index contributed by atoms with van der Waals surface area (Å²) in [5, 5.41) is 26.9. The Bertz CT molecular complexity index is 3420. The molecule has 26 nitrogen and oxygen atoms in total. The lowest BCUT2D eigenvalue weighted by Gasteiger charge is -2.32. The number of likely N-dealkylation sites (tertiary alicyclic amines) is 2. The van der Waals surface area contributed by atoms with Crippen LogP contribution in [0, 0.1) is 0 Å². The van der Waals surface area contributed by atoms with Crippen molar-refractivity contribution >= 4 is 70.6 Å². The molecule has 4 aliphatic heterocycles. The summed E-state index contributed by atoms with van der Waals surface area (Å²) in [6.07, 6.45) is 4.44. The fraction of sp³-hybridized carbons (Fsp3) is 0.508. The van der Waals surface area contributed by atoms with Crippen molar-refractivity contribution in [3.63, 3.8) is 0 Å². The number of amides is 4. The van der Waals surface area contributed by atoms with E-state index in [-0.39, 0.29) is 51.1 Å². The van der Waals surface area contributed by atoms with E-state index in [0.717, 1.165) is 22.3 Å². The highest BCUT2D eigenvalue weighted by Crippen LogP contribution is 2.34. The van der Waals surface area contributed by atoms with Crippen molar-refractivity contribution in [1.82, 2.24) is 55.7 Å². The zero-order valence-electron chi connectivity index (χ0n) is 50.8. The Kier molecular flexibility index (Phi) is 21.5. The monoisotopic (exact) mass is 1270 g/mol. The van der Waals surface area contributed by atoms with E-state index in [1.165, 1.54) is 21.1 Å². The van der Waals surface area contributed by atoms with Crippen molar-refractivity contribution < 1.29 is 57.2 Å². The Hall–Kier alpha value is -7.88. The number of nitrogens with zero attached hydrogens (tertiary/aromatic N) is 10. The number of likely N-dealkylation sites (N-methyl/N-ethyl adjacent to an activating group) is 1. The van der Waals surface area contributed by atoms with Crippen LogP contribution < -0.4 is 21.7 Å². The van der Waals surface area contributed by atoms with Crippen LogP contribution in [0.2, 0.25) is 10.0 Å². The van der Waals surface area contributed by atoms with Gasteiger partial charge in [0.05, 0.1) is 77.2 Å². The van der Waals surface area contributed by atoms with Gasteiger partial charge in [-0.1, -0.05) is 82.2 Å². The highest BCUT2D eigenvalue weighted by atomic mass is 35.5. The number of rotatable bonds is 27. The molecule has 0 aliphatic carbocycles. The lowest BCUT2D eigenvalue weighted by molar-refractivity contribution is -0.148. The quantitative estimate of drug-likeness (QED) is 0.0549. The molecule has 9 rings (SSSR count). The molecule has 5 N–H and O–H groups in total. The molecule has 0 spiro atoms. The summed E-state index contributed by atoms with van der Waals surface area (Å²) < 4.78 is 38.4. The molecule has 28 heteroatoms. The summed E-state index contributed by atoms with van der Waals surface area (Å²) in [6.45, 7) is 7.86. The number of carbonyl (C=O) groups excluding carboxylic acids is 6. The molecular formula is C61H76Cl2N14O12. The van der Waals surface area contributed by atoms with Crippen LogP contribution in [-0.2, 0) is 96.3 Å². The number of methoxy groups -OCH3 is 2.